The van der Waals surface area contributed by atoms with E-state index < -0.39 is 22.8 Å². The molecule has 0 fully saturated rings. The number of Topliss-reactive ketones (excluding diaryl/α,β-unsaturated/α-hetero) is 1. The molecule has 28 heavy (non-hydrogen) atoms. The second kappa shape index (κ2) is 6.58. The van der Waals surface area contributed by atoms with Gasteiger partial charge in [0, 0.05) is 11.5 Å². The van der Waals surface area contributed by atoms with Gasteiger partial charge in [-0.25, -0.2) is 9.78 Å². The summed E-state index contributed by atoms with van der Waals surface area (Å²) in [5.41, 5.74) is 0.414. The molecule has 1 aromatic heterocycles. The van der Waals surface area contributed by atoms with Crippen LogP contribution in [0.5, 0.6) is 5.75 Å². The smallest absolute Gasteiger partial charge is 0.335 e. The fraction of sp³-hybridized carbons (Fsp3) is 0.0500. The molecule has 8 nitrogen and oxygen atoms in total. The SMILES string of the molecule is O=C(O)c1ccc(OC2C=C([N+](=O)[O-])c3nc4ccccc4cc3C2=O)cc1. The van der Waals surface area contributed by atoms with E-state index in [0.29, 0.717) is 10.9 Å². The van der Waals surface area contributed by atoms with E-state index in [1.807, 2.05) is 0 Å². The average Bonchev–Trinajstić information content (AvgIpc) is 2.69. The van der Waals surface area contributed by atoms with Gasteiger partial charge in [-0.05, 0) is 36.4 Å². The molecule has 1 heterocycles. The molecule has 1 unspecified atom stereocenters. The molecule has 0 radical (unpaired) electrons. The first kappa shape index (κ1) is 17.3. The Kier molecular flexibility index (Phi) is 4.08. The number of rotatable bonds is 4. The largest absolute Gasteiger partial charge is 0.478 e. The van der Waals surface area contributed by atoms with Crippen molar-refractivity contribution in [1.82, 2.24) is 4.98 Å². The number of ether oxygens (including phenoxy) is 1. The molecule has 138 valence electrons. The number of nitro groups is 1. The predicted octanol–water partition coefficient (Wildman–Crippen LogP) is 3.19. The van der Waals surface area contributed by atoms with E-state index in [1.54, 1.807) is 30.3 Å². The monoisotopic (exact) mass is 376 g/mol. The predicted molar refractivity (Wildman–Crippen MR) is 98.9 cm³/mol. The summed E-state index contributed by atoms with van der Waals surface area (Å²) < 4.78 is 5.60. The topological polar surface area (TPSA) is 120 Å². The lowest BCUT2D eigenvalue weighted by Crippen LogP contribution is -2.31. The molecular weight excluding hydrogens is 364 g/mol. The first-order chi connectivity index (χ1) is 13.4. The first-order valence-electron chi connectivity index (χ1n) is 8.24. The number of para-hydroxylation sites is 1. The molecule has 0 spiro atoms. The summed E-state index contributed by atoms with van der Waals surface area (Å²) >= 11 is 0. The maximum atomic E-state index is 12.9. The van der Waals surface area contributed by atoms with Crippen molar-refractivity contribution in [3.63, 3.8) is 0 Å². The normalized spacial score (nSPS) is 15.6. The van der Waals surface area contributed by atoms with Gasteiger partial charge in [-0.2, -0.15) is 0 Å². The zero-order valence-corrected chi connectivity index (χ0v) is 14.2. The second-order valence-electron chi connectivity index (χ2n) is 6.12. The van der Waals surface area contributed by atoms with Crippen LogP contribution in [-0.4, -0.2) is 32.9 Å². The Morgan fingerprint density at radius 1 is 1.14 bits per heavy atom. The van der Waals surface area contributed by atoms with Crippen LogP contribution in [0.4, 0.5) is 0 Å². The van der Waals surface area contributed by atoms with Crippen LogP contribution in [0.25, 0.3) is 16.6 Å². The Morgan fingerprint density at radius 3 is 2.54 bits per heavy atom. The summed E-state index contributed by atoms with van der Waals surface area (Å²) in [6.45, 7) is 0. The maximum Gasteiger partial charge on any atom is 0.335 e. The van der Waals surface area contributed by atoms with Crippen molar-refractivity contribution in [1.29, 1.82) is 0 Å². The number of pyridine rings is 1. The molecule has 0 amide bonds. The Balaban J connectivity index is 1.75. The minimum atomic E-state index is -1.22. The summed E-state index contributed by atoms with van der Waals surface area (Å²) in [7, 11) is 0. The van der Waals surface area contributed by atoms with E-state index >= 15 is 0 Å². The molecule has 2 aromatic carbocycles. The van der Waals surface area contributed by atoms with E-state index in [-0.39, 0.29) is 28.3 Å². The van der Waals surface area contributed by atoms with E-state index in [4.69, 9.17) is 9.84 Å². The summed E-state index contributed by atoms with van der Waals surface area (Å²) in [5, 5.41) is 21.2. The van der Waals surface area contributed by atoms with Crippen LogP contribution in [0.3, 0.4) is 0 Å². The number of hydrogen-bond donors (Lipinski definition) is 1. The summed E-state index contributed by atoms with van der Waals surface area (Å²) in [4.78, 5) is 39.0. The summed E-state index contributed by atoms with van der Waals surface area (Å²) in [6.07, 6.45) is -0.0936. The number of carboxylic acids is 1. The Hall–Kier alpha value is -4.07. The molecule has 0 saturated carbocycles. The Bertz CT molecular complexity index is 1170. The minimum absolute atomic E-state index is 0.00905. The highest BCUT2D eigenvalue weighted by Crippen LogP contribution is 2.30. The lowest BCUT2D eigenvalue weighted by atomic mass is 9.94. The number of hydrogen-bond acceptors (Lipinski definition) is 6. The molecule has 4 rings (SSSR count). The summed E-state index contributed by atoms with van der Waals surface area (Å²) in [5.74, 6) is -1.33. The summed E-state index contributed by atoms with van der Waals surface area (Å²) in [6, 6.07) is 14.0. The van der Waals surface area contributed by atoms with Crippen molar-refractivity contribution in [2.45, 2.75) is 6.10 Å². The lowest BCUT2D eigenvalue weighted by molar-refractivity contribution is -0.376. The van der Waals surface area contributed by atoms with Crippen molar-refractivity contribution in [2.75, 3.05) is 0 Å². The van der Waals surface area contributed by atoms with Gasteiger partial charge >= 0.3 is 5.97 Å². The number of carbonyl (C=O) groups excluding carboxylic acids is 1. The quantitative estimate of drug-likeness (QED) is 0.548. The highest BCUT2D eigenvalue weighted by Gasteiger charge is 2.36. The maximum absolute atomic E-state index is 12.9. The highest BCUT2D eigenvalue weighted by molar-refractivity contribution is 6.08. The van der Waals surface area contributed by atoms with Crippen molar-refractivity contribution < 1.29 is 24.4 Å². The van der Waals surface area contributed by atoms with Gasteiger partial charge < -0.3 is 9.84 Å². The number of aromatic nitrogens is 1. The third-order valence-corrected chi connectivity index (χ3v) is 4.36. The molecule has 8 heteroatoms. The van der Waals surface area contributed by atoms with E-state index in [2.05, 4.69) is 4.98 Å². The fourth-order valence-electron chi connectivity index (χ4n) is 3.01. The number of fused-ring (bicyclic) bond motifs is 2. The van der Waals surface area contributed by atoms with Gasteiger partial charge in [0.2, 0.25) is 5.78 Å². The van der Waals surface area contributed by atoms with Crippen molar-refractivity contribution >= 4 is 28.4 Å². The molecule has 1 aliphatic carbocycles. The van der Waals surface area contributed by atoms with Gasteiger partial charge in [-0.15, -0.1) is 0 Å². The third kappa shape index (κ3) is 2.96. The van der Waals surface area contributed by atoms with Gasteiger partial charge in [0.05, 0.1) is 21.6 Å². The Morgan fingerprint density at radius 2 is 1.86 bits per heavy atom. The number of aromatic carboxylic acids is 1. The number of carbonyl (C=O) groups is 2. The molecule has 0 aliphatic heterocycles. The van der Waals surface area contributed by atoms with Crippen LogP contribution in [0.1, 0.15) is 26.4 Å². The van der Waals surface area contributed by atoms with Gasteiger partial charge in [0.1, 0.15) is 5.75 Å². The molecule has 1 aliphatic rings. The molecule has 0 saturated heterocycles. The second-order valence-corrected chi connectivity index (χ2v) is 6.12. The number of nitrogens with zero attached hydrogens (tertiary/aromatic N) is 2. The number of ketones is 1. The third-order valence-electron chi connectivity index (χ3n) is 4.36. The molecular formula is C20H12N2O6. The van der Waals surface area contributed by atoms with Crippen molar-refractivity contribution in [2.24, 2.45) is 0 Å². The van der Waals surface area contributed by atoms with E-state index in [1.165, 1.54) is 24.3 Å². The van der Waals surface area contributed by atoms with Gasteiger partial charge in [-0.1, -0.05) is 18.2 Å². The van der Waals surface area contributed by atoms with Crippen molar-refractivity contribution in [3.05, 3.63) is 87.6 Å². The van der Waals surface area contributed by atoms with Crippen LogP contribution in [0.15, 0.2) is 60.7 Å². The first-order valence-corrected chi connectivity index (χ1v) is 8.24. The zero-order valence-electron chi connectivity index (χ0n) is 14.2. The van der Waals surface area contributed by atoms with E-state index in [9.17, 15) is 19.7 Å². The number of benzene rings is 2. The standard InChI is InChI=1S/C20H12N2O6/c23-19-14-9-12-3-1-2-4-15(12)21-18(14)16(22(26)27)10-17(19)28-13-7-5-11(6-8-13)20(24)25/h1-10,17H,(H,24,25). The fourth-order valence-corrected chi connectivity index (χ4v) is 3.01. The van der Waals surface area contributed by atoms with Crippen LogP contribution in [0.2, 0.25) is 0 Å². The Labute approximate surface area is 157 Å². The number of carboxylic acid groups (broad SMARTS) is 1. The minimum Gasteiger partial charge on any atom is -0.478 e. The van der Waals surface area contributed by atoms with E-state index in [0.717, 1.165) is 6.08 Å². The van der Waals surface area contributed by atoms with Gasteiger partial charge in [0.25, 0.3) is 5.70 Å². The average molecular weight is 376 g/mol. The molecule has 3 aromatic rings. The van der Waals surface area contributed by atoms with Gasteiger partial charge in [0.15, 0.2) is 11.8 Å². The van der Waals surface area contributed by atoms with Crippen LogP contribution in [-0.2, 0) is 0 Å². The zero-order chi connectivity index (χ0) is 19.8. The van der Waals surface area contributed by atoms with Crippen LogP contribution >= 0.6 is 0 Å². The van der Waals surface area contributed by atoms with Gasteiger partial charge in [-0.3, -0.25) is 14.9 Å². The molecule has 0 bridgehead atoms. The highest BCUT2D eigenvalue weighted by atomic mass is 16.6. The van der Waals surface area contributed by atoms with Crippen molar-refractivity contribution in [3.8, 4) is 5.75 Å². The lowest BCUT2D eigenvalue weighted by Gasteiger charge is -2.20. The molecule has 1 atom stereocenters. The van der Waals surface area contributed by atoms with Crippen LogP contribution < -0.4 is 4.74 Å². The molecule has 1 N–H and O–H groups in total. The van der Waals surface area contributed by atoms with Crippen LogP contribution in [0, 0.1) is 10.1 Å².